The topological polar surface area (TPSA) is 92.7 Å². The maximum Gasteiger partial charge on any atom is 0.335 e. The van der Waals surface area contributed by atoms with Gasteiger partial charge in [-0.2, -0.15) is 0 Å². The lowest BCUT2D eigenvalue weighted by molar-refractivity contribution is 0.0696. The summed E-state index contributed by atoms with van der Waals surface area (Å²) in [7, 11) is -2.53. The Morgan fingerprint density at radius 3 is 2.75 bits per heavy atom. The first-order chi connectivity index (χ1) is 9.42. The lowest BCUT2D eigenvalue weighted by Crippen LogP contribution is -2.25. The summed E-state index contributed by atoms with van der Waals surface area (Å²) >= 11 is 0. The van der Waals surface area contributed by atoms with Crippen molar-refractivity contribution in [2.45, 2.75) is 17.7 Å². The van der Waals surface area contributed by atoms with Crippen LogP contribution in [0.5, 0.6) is 5.75 Å². The van der Waals surface area contributed by atoms with Crippen LogP contribution in [0.3, 0.4) is 0 Å². The molecule has 108 valence electrons. The number of rotatable bonds is 7. The monoisotopic (exact) mass is 297 g/mol. The van der Waals surface area contributed by atoms with Gasteiger partial charge in [-0.15, -0.1) is 12.3 Å². The van der Waals surface area contributed by atoms with E-state index in [1.165, 1.54) is 19.2 Å². The highest BCUT2D eigenvalue weighted by molar-refractivity contribution is 7.89. The van der Waals surface area contributed by atoms with Crippen LogP contribution in [0.4, 0.5) is 0 Å². The van der Waals surface area contributed by atoms with Crippen LogP contribution >= 0.6 is 0 Å². The Balaban J connectivity index is 3.06. The molecule has 0 spiro atoms. The summed E-state index contributed by atoms with van der Waals surface area (Å²) in [5.41, 5.74) is -0.130. The number of unbranched alkanes of at least 4 members (excludes halogenated alkanes) is 1. The number of methoxy groups -OCH3 is 1. The van der Waals surface area contributed by atoms with Crippen molar-refractivity contribution in [3.8, 4) is 18.1 Å². The standard InChI is InChI=1S/C13H15NO5S/c1-3-4-5-8-14-20(17,18)12-9-10(13(15)16)6-7-11(12)19-2/h1,6-7,9,14H,4-5,8H2,2H3,(H,15,16). The third kappa shape index (κ3) is 3.98. The molecule has 0 unspecified atom stereocenters. The van der Waals surface area contributed by atoms with Crippen LogP contribution in [0.2, 0.25) is 0 Å². The number of benzene rings is 1. The van der Waals surface area contributed by atoms with Gasteiger partial charge >= 0.3 is 5.97 Å². The van der Waals surface area contributed by atoms with Gasteiger partial charge in [-0.25, -0.2) is 17.9 Å². The Kier molecular flexibility index (Phi) is 5.55. The fraction of sp³-hybridized carbons (Fsp3) is 0.308. The Morgan fingerprint density at radius 2 is 2.20 bits per heavy atom. The molecule has 0 aliphatic rings. The molecule has 20 heavy (non-hydrogen) atoms. The fourth-order valence-electron chi connectivity index (χ4n) is 1.49. The average molecular weight is 297 g/mol. The first-order valence-electron chi connectivity index (χ1n) is 5.77. The van der Waals surface area contributed by atoms with Crippen LogP contribution in [0, 0.1) is 12.3 Å². The largest absolute Gasteiger partial charge is 0.495 e. The number of hydrogen-bond acceptors (Lipinski definition) is 4. The second-order valence-electron chi connectivity index (χ2n) is 3.88. The normalized spacial score (nSPS) is 10.8. The second kappa shape index (κ2) is 6.93. The van der Waals surface area contributed by atoms with E-state index in [0.29, 0.717) is 12.8 Å². The van der Waals surface area contributed by atoms with Gasteiger partial charge in [-0.1, -0.05) is 0 Å². The Bertz CT molecular complexity index is 631. The molecule has 0 saturated heterocycles. The van der Waals surface area contributed by atoms with Crippen molar-refractivity contribution >= 4 is 16.0 Å². The van der Waals surface area contributed by atoms with Crippen LogP contribution < -0.4 is 9.46 Å². The van der Waals surface area contributed by atoms with E-state index in [1.807, 2.05) is 0 Å². The summed E-state index contributed by atoms with van der Waals surface area (Å²) in [5, 5.41) is 8.91. The van der Waals surface area contributed by atoms with Gasteiger partial charge in [0.2, 0.25) is 10.0 Å². The highest BCUT2D eigenvalue weighted by Gasteiger charge is 2.21. The molecular weight excluding hydrogens is 282 g/mol. The lowest BCUT2D eigenvalue weighted by atomic mass is 10.2. The minimum Gasteiger partial charge on any atom is -0.495 e. The van der Waals surface area contributed by atoms with E-state index >= 15 is 0 Å². The molecule has 0 amide bonds. The van der Waals surface area contributed by atoms with Gasteiger partial charge in [0.15, 0.2) is 0 Å². The van der Waals surface area contributed by atoms with Crippen molar-refractivity contribution in [1.29, 1.82) is 0 Å². The molecule has 1 rings (SSSR count). The van der Waals surface area contributed by atoms with Crippen molar-refractivity contribution in [1.82, 2.24) is 4.72 Å². The summed E-state index contributed by atoms with van der Waals surface area (Å²) < 4.78 is 31.5. The number of carboxylic acids is 1. The zero-order valence-electron chi connectivity index (χ0n) is 10.9. The second-order valence-corrected chi connectivity index (χ2v) is 5.61. The predicted molar refractivity (Wildman–Crippen MR) is 73.2 cm³/mol. The number of aromatic carboxylic acids is 1. The van der Waals surface area contributed by atoms with Crippen molar-refractivity contribution in [3.63, 3.8) is 0 Å². The Morgan fingerprint density at radius 1 is 1.50 bits per heavy atom. The molecule has 7 heteroatoms. The highest BCUT2D eigenvalue weighted by atomic mass is 32.2. The molecule has 0 bridgehead atoms. The summed E-state index contributed by atoms with van der Waals surface area (Å²) in [4.78, 5) is 10.7. The molecule has 0 atom stereocenters. The maximum atomic E-state index is 12.1. The summed E-state index contributed by atoms with van der Waals surface area (Å²) in [5.74, 6) is 1.27. The molecule has 0 saturated carbocycles. The number of hydrogen-bond donors (Lipinski definition) is 2. The van der Waals surface area contributed by atoms with Gasteiger partial charge in [-0.05, 0) is 24.6 Å². The molecule has 0 radical (unpaired) electrons. The van der Waals surface area contributed by atoms with E-state index in [9.17, 15) is 13.2 Å². The number of nitrogens with one attached hydrogen (secondary N) is 1. The first kappa shape index (κ1) is 16.0. The van der Waals surface area contributed by atoms with Crippen molar-refractivity contribution in [2.75, 3.05) is 13.7 Å². The molecule has 1 aromatic rings. The van der Waals surface area contributed by atoms with Crippen molar-refractivity contribution < 1.29 is 23.1 Å². The van der Waals surface area contributed by atoms with Crippen LogP contribution in [0.25, 0.3) is 0 Å². The molecule has 0 aliphatic heterocycles. The molecule has 0 aliphatic carbocycles. The molecular formula is C13H15NO5S. The van der Waals surface area contributed by atoms with Gasteiger partial charge in [0, 0.05) is 13.0 Å². The van der Waals surface area contributed by atoms with Crippen molar-refractivity contribution in [3.05, 3.63) is 23.8 Å². The summed E-state index contributed by atoms with van der Waals surface area (Å²) in [6, 6.07) is 3.64. The van der Waals surface area contributed by atoms with Gasteiger partial charge in [-0.3, -0.25) is 0 Å². The molecule has 0 fully saturated rings. The quantitative estimate of drug-likeness (QED) is 0.580. The number of carboxylic acid groups (broad SMARTS) is 1. The number of terminal acetylenes is 1. The van der Waals surface area contributed by atoms with E-state index in [-0.39, 0.29) is 22.8 Å². The van der Waals surface area contributed by atoms with Gasteiger partial charge in [0.1, 0.15) is 10.6 Å². The molecule has 0 heterocycles. The van der Waals surface area contributed by atoms with Crippen LogP contribution in [0.15, 0.2) is 23.1 Å². The Hall–Kier alpha value is -2.04. The lowest BCUT2D eigenvalue weighted by Gasteiger charge is -2.11. The van der Waals surface area contributed by atoms with Crippen molar-refractivity contribution in [2.24, 2.45) is 0 Å². The van der Waals surface area contributed by atoms with E-state index in [1.54, 1.807) is 0 Å². The highest BCUT2D eigenvalue weighted by Crippen LogP contribution is 2.24. The predicted octanol–water partition coefficient (Wildman–Crippen LogP) is 1.09. The van der Waals surface area contributed by atoms with Gasteiger partial charge < -0.3 is 9.84 Å². The zero-order valence-corrected chi connectivity index (χ0v) is 11.7. The van der Waals surface area contributed by atoms with Crippen LogP contribution in [-0.2, 0) is 10.0 Å². The van der Waals surface area contributed by atoms with Gasteiger partial charge in [0.05, 0.1) is 12.7 Å². The van der Waals surface area contributed by atoms with E-state index < -0.39 is 16.0 Å². The molecule has 1 aromatic carbocycles. The molecule has 2 N–H and O–H groups in total. The number of ether oxygens (including phenoxy) is 1. The smallest absolute Gasteiger partial charge is 0.335 e. The van der Waals surface area contributed by atoms with E-state index in [0.717, 1.165) is 6.07 Å². The van der Waals surface area contributed by atoms with Crippen LogP contribution in [-0.4, -0.2) is 33.1 Å². The molecule has 6 nitrogen and oxygen atoms in total. The minimum absolute atomic E-state index is 0.0828. The first-order valence-corrected chi connectivity index (χ1v) is 7.25. The maximum absolute atomic E-state index is 12.1. The SMILES string of the molecule is C#CCCCNS(=O)(=O)c1cc(C(=O)O)ccc1OC. The summed E-state index contributed by atoms with van der Waals surface area (Å²) in [6.07, 6.45) is 6.03. The average Bonchev–Trinajstić information content (AvgIpc) is 2.42. The number of carbonyl (C=O) groups is 1. The van der Waals surface area contributed by atoms with E-state index in [2.05, 4.69) is 10.6 Å². The zero-order chi connectivity index (χ0) is 15.2. The van der Waals surface area contributed by atoms with Gasteiger partial charge in [0.25, 0.3) is 0 Å². The minimum atomic E-state index is -3.85. The number of sulfonamides is 1. The fourth-order valence-corrected chi connectivity index (χ4v) is 2.76. The third-order valence-electron chi connectivity index (χ3n) is 2.49. The summed E-state index contributed by atoms with van der Waals surface area (Å²) in [6.45, 7) is 0.174. The molecule has 0 aromatic heterocycles. The van der Waals surface area contributed by atoms with E-state index in [4.69, 9.17) is 16.3 Å². The third-order valence-corrected chi connectivity index (χ3v) is 3.97. The Labute approximate surface area is 117 Å². The van der Waals surface area contributed by atoms with Crippen LogP contribution in [0.1, 0.15) is 23.2 Å².